The van der Waals surface area contributed by atoms with Gasteiger partial charge < -0.3 is 19.3 Å². The number of sulfonamides is 1. The van der Waals surface area contributed by atoms with Crippen LogP contribution in [0.1, 0.15) is 28.5 Å². The molecular formula is C25H32N2O6S2. The van der Waals surface area contributed by atoms with Crippen molar-refractivity contribution >= 4 is 27.4 Å². The van der Waals surface area contributed by atoms with Crippen LogP contribution in [0.2, 0.25) is 0 Å². The number of methoxy groups -OCH3 is 1. The fourth-order valence-electron chi connectivity index (χ4n) is 3.55. The van der Waals surface area contributed by atoms with E-state index in [2.05, 4.69) is 4.37 Å². The third kappa shape index (κ3) is 6.27. The Hall–Kier alpha value is -2.34. The van der Waals surface area contributed by atoms with Gasteiger partial charge in [-0.1, -0.05) is 36.4 Å². The van der Waals surface area contributed by atoms with Crippen molar-refractivity contribution < 1.29 is 27.7 Å². The summed E-state index contributed by atoms with van der Waals surface area (Å²) in [5.74, 6) is 0.352. The topological polar surface area (TPSA) is 98.2 Å². The molecule has 0 saturated carbocycles. The van der Waals surface area contributed by atoms with Crippen LogP contribution in [0.3, 0.4) is 0 Å². The zero-order valence-electron chi connectivity index (χ0n) is 20.5. The lowest BCUT2D eigenvalue weighted by Crippen LogP contribution is -2.35. The van der Waals surface area contributed by atoms with E-state index in [4.69, 9.17) is 14.2 Å². The highest BCUT2D eigenvalue weighted by Crippen LogP contribution is 2.36. The number of aliphatic hydroxyl groups is 1. The average molecular weight is 521 g/mol. The van der Waals surface area contributed by atoms with Crippen LogP contribution in [-0.4, -0.2) is 51.6 Å². The second-order valence-corrected chi connectivity index (χ2v) is 10.7. The van der Waals surface area contributed by atoms with Gasteiger partial charge in [-0.25, -0.2) is 12.7 Å². The number of rotatable bonds is 13. The Labute approximate surface area is 211 Å². The fraction of sp³-hybridized carbons (Fsp3) is 0.400. The Balaban J connectivity index is 2.12. The summed E-state index contributed by atoms with van der Waals surface area (Å²) in [5, 5.41) is 9.61. The van der Waals surface area contributed by atoms with Crippen LogP contribution in [0.25, 0.3) is 11.1 Å². The number of benzene rings is 2. The molecule has 1 N–H and O–H groups in total. The first-order valence-corrected chi connectivity index (χ1v) is 13.5. The minimum absolute atomic E-state index is 0.117. The molecule has 190 valence electrons. The standard InChI is InChI=1S/C25H32N2O6S2/c1-5-32-16-21-14-20(15-28)10-11-22(21)23-8-6-7-9-24(23)35(29,30)27(17-33-13-12-31-4)25-18(2)19(3)34-26-25/h6-11,14,28H,5,12-13,15-17H2,1-4H3. The molecule has 0 spiro atoms. The summed E-state index contributed by atoms with van der Waals surface area (Å²) in [6.45, 7) is 6.74. The number of aromatic nitrogens is 1. The maximum Gasteiger partial charge on any atom is 0.268 e. The lowest BCUT2D eigenvalue weighted by atomic mass is 9.98. The molecule has 3 aromatic rings. The first kappa shape index (κ1) is 27.3. The van der Waals surface area contributed by atoms with Crippen molar-refractivity contribution in [2.45, 2.75) is 38.9 Å². The van der Waals surface area contributed by atoms with Gasteiger partial charge in [-0.2, -0.15) is 4.37 Å². The van der Waals surface area contributed by atoms with E-state index in [1.54, 1.807) is 37.4 Å². The highest BCUT2D eigenvalue weighted by atomic mass is 32.2. The number of ether oxygens (including phenoxy) is 3. The number of hydrogen-bond donors (Lipinski definition) is 1. The summed E-state index contributed by atoms with van der Waals surface area (Å²) < 4.78 is 50.2. The van der Waals surface area contributed by atoms with Crippen LogP contribution < -0.4 is 4.31 Å². The number of anilines is 1. The molecule has 8 nitrogen and oxygen atoms in total. The molecule has 0 aliphatic heterocycles. The van der Waals surface area contributed by atoms with Crippen molar-refractivity contribution in [1.29, 1.82) is 0 Å². The Morgan fingerprint density at radius 1 is 1.06 bits per heavy atom. The SMILES string of the molecule is CCOCc1cc(CO)ccc1-c1ccccc1S(=O)(=O)N(COCCOC)c1nsc(C)c1C. The van der Waals surface area contributed by atoms with Crippen molar-refractivity contribution in [1.82, 2.24) is 4.37 Å². The maximum atomic E-state index is 14.1. The van der Waals surface area contributed by atoms with Gasteiger partial charge in [-0.15, -0.1) is 0 Å². The fourth-order valence-corrected chi connectivity index (χ4v) is 5.85. The molecule has 0 fully saturated rings. The van der Waals surface area contributed by atoms with Crippen molar-refractivity contribution in [2.75, 3.05) is 38.0 Å². The molecule has 0 atom stereocenters. The van der Waals surface area contributed by atoms with E-state index in [1.807, 2.05) is 32.9 Å². The van der Waals surface area contributed by atoms with Crippen LogP contribution in [0.15, 0.2) is 47.4 Å². The molecule has 2 aromatic carbocycles. The lowest BCUT2D eigenvalue weighted by molar-refractivity contribution is 0.0754. The van der Waals surface area contributed by atoms with E-state index >= 15 is 0 Å². The normalized spacial score (nSPS) is 11.7. The van der Waals surface area contributed by atoms with E-state index in [-0.39, 0.29) is 24.8 Å². The second-order valence-electron chi connectivity index (χ2n) is 7.85. The van der Waals surface area contributed by atoms with E-state index in [0.717, 1.165) is 27.1 Å². The van der Waals surface area contributed by atoms with Crippen LogP contribution >= 0.6 is 11.5 Å². The van der Waals surface area contributed by atoms with Crippen molar-refractivity contribution in [3.63, 3.8) is 0 Å². The maximum absolute atomic E-state index is 14.1. The van der Waals surface area contributed by atoms with Crippen molar-refractivity contribution in [3.05, 3.63) is 64.0 Å². The Morgan fingerprint density at radius 2 is 1.83 bits per heavy atom. The predicted molar refractivity (Wildman–Crippen MR) is 137 cm³/mol. The number of nitrogens with zero attached hydrogens (tertiary/aromatic N) is 2. The van der Waals surface area contributed by atoms with Gasteiger partial charge in [-0.3, -0.25) is 0 Å². The Morgan fingerprint density at radius 3 is 2.49 bits per heavy atom. The van der Waals surface area contributed by atoms with Gasteiger partial charge >= 0.3 is 0 Å². The molecule has 1 heterocycles. The molecule has 0 aliphatic rings. The van der Waals surface area contributed by atoms with Gasteiger partial charge in [-0.05, 0) is 55.1 Å². The average Bonchev–Trinajstić information content (AvgIpc) is 3.20. The summed E-state index contributed by atoms with van der Waals surface area (Å²) >= 11 is 1.25. The minimum Gasteiger partial charge on any atom is -0.392 e. The molecular weight excluding hydrogens is 488 g/mol. The molecule has 3 rings (SSSR count). The molecule has 0 unspecified atom stereocenters. The smallest absolute Gasteiger partial charge is 0.268 e. The highest BCUT2D eigenvalue weighted by Gasteiger charge is 2.31. The molecule has 35 heavy (non-hydrogen) atoms. The molecule has 0 amide bonds. The van der Waals surface area contributed by atoms with Gasteiger partial charge in [0.15, 0.2) is 5.82 Å². The summed E-state index contributed by atoms with van der Waals surface area (Å²) in [6.07, 6.45) is 0. The molecule has 0 radical (unpaired) electrons. The molecule has 10 heteroatoms. The predicted octanol–water partition coefficient (Wildman–Crippen LogP) is 4.27. The summed E-state index contributed by atoms with van der Waals surface area (Å²) in [4.78, 5) is 1.07. The van der Waals surface area contributed by atoms with Crippen LogP contribution in [0.5, 0.6) is 0 Å². The summed E-state index contributed by atoms with van der Waals surface area (Å²) in [7, 11) is -2.50. The summed E-state index contributed by atoms with van der Waals surface area (Å²) in [5.41, 5.74) is 3.57. The molecule has 1 aromatic heterocycles. The van der Waals surface area contributed by atoms with E-state index < -0.39 is 10.0 Å². The third-order valence-corrected chi connectivity index (χ3v) is 8.18. The zero-order chi connectivity index (χ0) is 25.4. The second kappa shape index (κ2) is 12.6. The highest BCUT2D eigenvalue weighted by molar-refractivity contribution is 7.93. The van der Waals surface area contributed by atoms with E-state index in [0.29, 0.717) is 31.2 Å². The monoisotopic (exact) mass is 520 g/mol. The van der Waals surface area contributed by atoms with Gasteiger partial charge in [0.1, 0.15) is 6.73 Å². The largest absolute Gasteiger partial charge is 0.392 e. The first-order chi connectivity index (χ1) is 16.8. The third-order valence-electron chi connectivity index (χ3n) is 5.57. The minimum atomic E-state index is -4.06. The number of hydrogen-bond acceptors (Lipinski definition) is 8. The van der Waals surface area contributed by atoms with E-state index in [9.17, 15) is 13.5 Å². The number of aliphatic hydroxyl groups excluding tert-OH is 1. The molecule has 0 bridgehead atoms. The lowest BCUT2D eigenvalue weighted by Gasteiger charge is -2.25. The zero-order valence-corrected chi connectivity index (χ0v) is 22.1. The van der Waals surface area contributed by atoms with Gasteiger partial charge in [0.25, 0.3) is 10.0 Å². The van der Waals surface area contributed by atoms with Gasteiger partial charge in [0, 0.05) is 29.7 Å². The van der Waals surface area contributed by atoms with Crippen LogP contribution in [-0.2, 0) is 37.4 Å². The molecule has 0 saturated heterocycles. The van der Waals surface area contributed by atoms with Gasteiger partial charge in [0.05, 0.1) is 31.3 Å². The van der Waals surface area contributed by atoms with Crippen molar-refractivity contribution in [2.24, 2.45) is 0 Å². The van der Waals surface area contributed by atoms with E-state index in [1.165, 1.54) is 15.8 Å². The van der Waals surface area contributed by atoms with Gasteiger partial charge in [0.2, 0.25) is 0 Å². The Kier molecular flexibility index (Phi) is 9.79. The summed E-state index contributed by atoms with van der Waals surface area (Å²) in [6, 6.07) is 12.3. The van der Waals surface area contributed by atoms with Crippen LogP contribution in [0.4, 0.5) is 5.82 Å². The number of aryl methyl sites for hydroxylation is 1. The van der Waals surface area contributed by atoms with Crippen LogP contribution in [0, 0.1) is 13.8 Å². The first-order valence-electron chi connectivity index (χ1n) is 11.3. The molecule has 0 aliphatic carbocycles. The van der Waals surface area contributed by atoms with Crippen molar-refractivity contribution in [3.8, 4) is 11.1 Å². The quantitative estimate of drug-likeness (QED) is 0.265. The Bertz CT molecular complexity index is 1230.